The molecule has 1 fully saturated rings. The van der Waals surface area contributed by atoms with Crippen LogP contribution in [0.1, 0.15) is 18.4 Å². The lowest BCUT2D eigenvalue weighted by Gasteiger charge is -2.33. The summed E-state index contributed by atoms with van der Waals surface area (Å²) in [6, 6.07) is 4.08. The average molecular weight is 311 g/mol. The zero-order valence-corrected chi connectivity index (χ0v) is 13.3. The smallest absolute Gasteiger partial charge is 0.179 e. The number of nitrogens with one attached hydrogen (secondary N) is 1. The highest BCUT2D eigenvalue weighted by Crippen LogP contribution is 2.38. The van der Waals surface area contributed by atoms with Crippen molar-refractivity contribution in [3.8, 4) is 11.5 Å². The monoisotopic (exact) mass is 310 g/mol. The molecule has 1 saturated heterocycles. The van der Waals surface area contributed by atoms with E-state index in [9.17, 15) is 0 Å². The summed E-state index contributed by atoms with van der Waals surface area (Å²) in [5.41, 5.74) is 1.20. The van der Waals surface area contributed by atoms with E-state index < -0.39 is 0 Å². The molecule has 1 unspecified atom stereocenters. The molecule has 116 valence electrons. The number of ether oxygens (including phenoxy) is 2. The maximum atomic E-state index is 6.31. The van der Waals surface area contributed by atoms with Gasteiger partial charge in [0.05, 0.1) is 5.02 Å². The van der Waals surface area contributed by atoms with Crippen LogP contribution >= 0.6 is 11.6 Å². The fourth-order valence-corrected chi connectivity index (χ4v) is 3.55. The Morgan fingerprint density at radius 2 is 2.19 bits per heavy atom. The molecule has 0 aliphatic carbocycles. The van der Waals surface area contributed by atoms with Crippen LogP contribution in [-0.2, 0) is 6.54 Å². The van der Waals surface area contributed by atoms with Gasteiger partial charge in [0.1, 0.15) is 13.2 Å². The molecule has 21 heavy (non-hydrogen) atoms. The Labute approximate surface area is 131 Å². The third-order valence-electron chi connectivity index (χ3n) is 4.16. The summed E-state index contributed by atoms with van der Waals surface area (Å²) >= 11 is 6.31. The van der Waals surface area contributed by atoms with Crippen LogP contribution in [0.3, 0.4) is 0 Å². The van der Waals surface area contributed by atoms with Gasteiger partial charge in [0.2, 0.25) is 0 Å². The normalized spacial score (nSPS) is 22.3. The van der Waals surface area contributed by atoms with Crippen LogP contribution < -0.4 is 14.8 Å². The number of halogens is 1. The molecule has 4 nitrogen and oxygen atoms in total. The van der Waals surface area contributed by atoms with E-state index >= 15 is 0 Å². The quantitative estimate of drug-likeness (QED) is 0.926. The van der Waals surface area contributed by atoms with E-state index in [0.717, 1.165) is 37.8 Å². The van der Waals surface area contributed by atoms with Crippen LogP contribution in [0.25, 0.3) is 0 Å². The van der Waals surface area contributed by atoms with Gasteiger partial charge in [-0.1, -0.05) is 11.6 Å². The number of fused-ring (bicyclic) bond motifs is 1. The number of hydrogen-bond acceptors (Lipinski definition) is 4. The Morgan fingerprint density at radius 1 is 1.33 bits per heavy atom. The molecule has 0 saturated carbocycles. The highest BCUT2D eigenvalue weighted by atomic mass is 35.5. The Morgan fingerprint density at radius 3 is 3.05 bits per heavy atom. The van der Waals surface area contributed by atoms with Crippen LogP contribution in [0.15, 0.2) is 12.1 Å². The van der Waals surface area contributed by atoms with Gasteiger partial charge in [-0.05, 0) is 56.6 Å². The first kappa shape index (κ1) is 14.9. The number of nitrogens with zero attached hydrogens (tertiary/aromatic N) is 1. The number of piperidine rings is 1. The van der Waals surface area contributed by atoms with Crippen LogP contribution in [-0.4, -0.2) is 44.8 Å². The first-order valence-electron chi connectivity index (χ1n) is 7.71. The molecule has 2 aliphatic heterocycles. The summed E-state index contributed by atoms with van der Waals surface area (Å²) in [5, 5.41) is 3.95. The lowest BCUT2D eigenvalue weighted by atomic mass is 9.97. The third-order valence-corrected chi connectivity index (χ3v) is 4.44. The zero-order chi connectivity index (χ0) is 14.7. The maximum absolute atomic E-state index is 6.31. The van der Waals surface area contributed by atoms with E-state index in [-0.39, 0.29) is 0 Å². The largest absolute Gasteiger partial charge is 0.486 e. The SMILES string of the molecule is CNCC1CCCN(Cc2cc(Cl)c3c(c2)OCCO3)C1. The van der Waals surface area contributed by atoms with Gasteiger partial charge in [-0.15, -0.1) is 0 Å². The molecule has 1 N–H and O–H groups in total. The van der Waals surface area contributed by atoms with E-state index in [1.807, 2.05) is 13.1 Å². The first-order valence-corrected chi connectivity index (χ1v) is 8.09. The van der Waals surface area contributed by atoms with Crippen molar-refractivity contribution in [2.75, 3.05) is 39.9 Å². The predicted octanol–water partition coefficient (Wildman–Crippen LogP) is 2.54. The molecule has 2 heterocycles. The van der Waals surface area contributed by atoms with Gasteiger partial charge in [-0.2, -0.15) is 0 Å². The number of benzene rings is 1. The summed E-state index contributed by atoms with van der Waals surface area (Å²) < 4.78 is 11.2. The molecule has 1 aromatic rings. The second-order valence-corrected chi connectivity index (χ2v) is 6.31. The van der Waals surface area contributed by atoms with Crippen molar-refractivity contribution in [1.29, 1.82) is 0 Å². The molecule has 3 rings (SSSR count). The van der Waals surface area contributed by atoms with Crippen LogP contribution in [0.4, 0.5) is 0 Å². The molecule has 2 aliphatic rings. The highest BCUT2D eigenvalue weighted by Gasteiger charge is 2.21. The maximum Gasteiger partial charge on any atom is 0.179 e. The van der Waals surface area contributed by atoms with E-state index in [1.165, 1.54) is 18.4 Å². The van der Waals surface area contributed by atoms with Crippen molar-refractivity contribution in [1.82, 2.24) is 10.2 Å². The van der Waals surface area contributed by atoms with E-state index in [4.69, 9.17) is 21.1 Å². The van der Waals surface area contributed by atoms with Crippen LogP contribution in [0, 0.1) is 5.92 Å². The summed E-state index contributed by atoms with van der Waals surface area (Å²) in [5.74, 6) is 2.22. The minimum atomic E-state index is 0.573. The van der Waals surface area contributed by atoms with E-state index in [1.54, 1.807) is 0 Å². The topological polar surface area (TPSA) is 33.7 Å². The number of rotatable bonds is 4. The fourth-order valence-electron chi connectivity index (χ4n) is 3.26. The lowest BCUT2D eigenvalue weighted by molar-refractivity contribution is 0.163. The second kappa shape index (κ2) is 6.86. The molecule has 0 radical (unpaired) electrons. The molecule has 0 spiro atoms. The number of hydrogen-bond donors (Lipinski definition) is 1. The molecular formula is C16H23ClN2O2. The standard InChI is InChI=1S/C16H23ClN2O2/c1-18-9-12-3-2-4-19(10-12)11-13-7-14(17)16-15(8-13)20-5-6-21-16/h7-8,12,18H,2-6,9-11H2,1H3. The predicted molar refractivity (Wildman–Crippen MR) is 84.4 cm³/mol. The van der Waals surface area contributed by atoms with Gasteiger partial charge in [-0.25, -0.2) is 0 Å². The van der Waals surface area contributed by atoms with Crippen molar-refractivity contribution in [3.63, 3.8) is 0 Å². The Bertz CT molecular complexity index is 493. The zero-order valence-electron chi connectivity index (χ0n) is 12.5. The van der Waals surface area contributed by atoms with Gasteiger partial charge >= 0.3 is 0 Å². The van der Waals surface area contributed by atoms with Crippen molar-refractivity contribution < 1.29 is 9.47 Å². The second-order valence-electron chi connectivity index (χ2n) is 5.90. The molecule has 0 aromatic heterocycles. The van der Waals surface area contributed by atoms with Crippen LogP contribution in [0.2, 0.25) is 5.02 Å². The van der Waals surface area contributed by atoms with Crippen molar-refractivity contribution in [3.05, 3.63) is 22.7 Å². The third kappa shape index (κ3) is 3.62. The molecule has 0 amide bonds. The molecule has 5 heteroatoms. The Balaban J connectivity index is 1.68. The van der Waals surface area contributed by atoms with Gasteiger partial charge in [0, 0.05) is 13.1 Å². The van der Waals surface area contributed by atoms with Gasteiger partial charge in [-0.3, -0.25) is 4.90 Å². The Hall–Kier alpha value is -0.970. The summed E-state index contributed by atoms with van der Waals surface area (Å²) in [4.78, 5) is 2.51. The van der Waals surface area contributed by atoms with Crippen LogP contribution in [0.5, 0.6) is 11.5 Å². The minimum absolute atomic E-state index is 0.573. The summed E-state index contributed by atoms with van der Waals surface area (Å²) in [6.45, 7) is 5.50. The number of likely N-dealkylation sites (tertiary alicyclic amines) is 1. The summed E-state index contributed by atoms with van der Waals surface area (Å²) in [7, 11) is 2.03. The van der Waals surface area contributed by atoms with Crippen molar-refractivity contribution >= 4 is 11.6 Å². The van der Waals surface area contributed by atoms with E-state index in [0.29, 0.717) is 24.0 Å². The van der Waals surface area contributed by atoms with Gasteiger partial charge in [0.15, 0.2) is 11.5 Å². The first-order chi connectivity index (χ1) is 10.3. The van der Waals surface area contributed by atoms with Crippen molar-refractivity contribution in [2.24, 2.45) is 5.92 Å². The van der Waals surface area contributed by atoms with Crippen molar-refractivity contribution in [2.45, 2.75) is 19.4 Å². The minimum Gasteiger partial charge on any atom is -0.486 e. The lowest BCUT2D eigenvalue weighted by Crippen LogP contribution is -2.38. The molecule has 1 atom stereocenters. The average Bonchev–Trinajstić information content (AvgIpc) is 2.48. The Kier molecular flexibility index (Phi) is 4.88. The fraction of sp³-hybridized carbons (Fsp3) is 0.625. The van der Waals surface area contributed by atoms with Gasteiger partial charge < -0.3 is 14.8 Å². The molecule has 1 aromatic carbocycles. The highest BCUT2D eigenvalue weighted by molar-refractivity contribution is 6.32. The summed E-state index contributed by atoms with van der Waals surface area (Å²) in [6.07, 6.45) is 2.59. The van der Waals surface area contributed by atoms with Gasteiger partial charge in [0.25, 0.3) is 0 Å². The van der Waals surface area contributed by atoms with E-state index in [2.05, 4.69) is 16.3 Å². The molecule has 0 bridgehead atoms. The molecular weight excluding hydrogens is 288 g/mol.